The highest BCUT2D eigenvalue weighted by Gasteiger charge is 2.13. The van der Waals surface area contributed by atoms with Crippen LogP contribution in [0.25, 0.3) is 18.2 Å². The summed E-state index contributed by atoms with van der Waals surface area (Å²) in [6.45, 7) is 6.86. The molecule has 2 amide bonds. The van der Waals surface area contributed by atoms with Crippen molar-refractivity contribution < 1.29 is 14.2 Å². The molecule has 0 N–H and O–H groups in total. The third-order valence-electron chi connectivity index (χ3n) is 8.76. The van der Waals surface area contributed by atoms with Crippen molar-refractivity contribution in [3.05, 3.63) is 132 Å². The van der Waals surface area contributed by atoms with Crippen molar-refractivity contribution >= 4 is 63.0 Å². The quantitative estimate of drug-likeness (QED) is 0.0454. The Labute approximate surface area is 332 Å². The molecule has 1 aromatic heterocycles. The first-order valence-corrected chi connectivity index (χ1v) is 20.8. The molecule has 0 aliphatic heterocycles. The summed E-state index contributed by atoms with van der Waals surface area (Å²) in [6, 6.07) is 21.2. The number of carbonyl (C=O) groups excluding carboxylic acids is 2. The summed E-state index contributed by atoms with van der Waals surface area (Å²) in [7, 11) is 16.8. The highest BCUT2D eigenvalue weighted by atomic mass is 33.1. The molecule has 1 heterocycles. The van der Waals surface area contributed by atoms with E-state index in [1.807, 2.05) is 69.4 Å². The van der Waals surface area contributed by atoms with Crippen LogP contribution in [-0.4, -0.2) is 106 Å². The topological polar surface area (TPSA) is 54.2 Å². The highest BCUT2D eigenvalue weighted by molar-refractivity contribution is 8.77. The fourth-order valence-corrected chi connectivity index (χ4v) is 7.14. The number of nitrogens with zero attached hydrogens (tertiary/aromatic N) is 6. The smallest absolute Gasteiger partial charge is 0.233 e. The minimum absolute atomic E-state index is 0.0786. The predicted octanol–water partition coefficient (Wildman–Crippen LogP) is 7.53. The van der Waals surface area contributed by atoms with E-state index in [-0.39, 0.29) is 11.8 Å². The van der Waals surface area contributed by atoms with Gasteiger partial charge in [0.05, 0.1) is 11.5 Å². The second-order valence-electron chi connectivity index (χ2n) is 13.5. The number of pyridine rings is 1. The van der Waals surface area contributed by atoms with Crippen LogP contribution >= 0.6 is 21.6 Å². The van der Waals surface area contributed by atoms with Gasteiger partial charge in [-0.15, -0.1) is 0 Å². The Hall–Kier alpha value is -4.67. The van der Waals surface area contributed by atoms with Crippen LogP contribution in [0.2, 0.25) is 0 Å². The highest BCUT2D eigenvalue weighted by Crippen LogP contribution is 2.22. The lowest BCUT2D eigenvalue weighted by Gasteiger charge is -2.22. The molecular weight excluding hydrogens is 709 g/mol. The van der Waals surface area contributed by atoms with Gasteiger partial charge in [-0.2, -0.15) is 0 Å². The molecule has 2 aromatic carbocycles. The summed E-state index contributed by atoms with van der Waals surface area (Å²) in [5.74, 6) is 0.860. The van der Waals surface area contributed by atoms with Crippen LogP contribution in [0.1, 0.15) is 29.5 Å². The van der Waals surface area contributed by atoms with Gasteiger partial charge in [0.15, 0.2) is 12.4 Å². The van der Waals surface area contributed by atoms with Gasteiger partial charge in [0.25, 0.3) is 0 Å². The van der Waals surface area contributed by atoms with Gasteiger partial charge in [0, 0.05) is 92.0 Å². The maximum Gasteiger partial charge on any atom is 0.233 e. The van der Waals surface area contributed by atoms with Gasteiger partial charge in [0.2, 0.25) is 11.8 Å². The Balaban J connectivity index is 1.28. The van der Waals surface area contributed by atoms with Crippen LogP contribution in [0.15, 0.2) is 116 Å². The van der Waals surface area contributed by atoms with E-state index >= 15 is 0 Å². The van der Waals surface area contributed by atoms with Crippen molar-refractivity contribution in [2.24, 2.45) is 7.05 Å². The largest absolute Gasteiger partial charge is 0.383 e. The molecule has 0 atom stereocenters. The third-order valence-corrected chi connectivity index (χ3v) is 10.9. The van der Waals surface area contributed by atoms with E-state index in [1.165, 1.54) is 27.2 Å². The summed E-state index contributed by atoms with van der Waals surface area (Å²) in [5.41, 5.74) is 6.80. The first-order chi connectivity index (χ1) is 25.9. The molecule has 0 bridgehead atoms. The lowest BCUT2D eigenvalue weighted by atomic mass is 10.1. The van der Waals surface area contributed by atoms with Crippen LogP contribution in [-0.2, 0) is 16.6 Å². The summed E-state index contributed by atoms with van der Waals surface area (Å²) in [6.07, 6.45) is 22.1. The molecule has 0 radical (unpaired) electrons. The van der Waals surface area contributed by atoms with Gasteiger partial charge >= 0.3 is 0 Å². The number of anilines is 2. The SMILES string of the molecule is C=C/C=C(\C=C/N(C)C)/C=C/c1ccc(N(C)CCCN(C)C(=O)CSSCC(=O)N(C)CCCN(C)c2ccc(/C=C/c3cc[n+](C)cc3)cc2)cc1. The van der Waals surface area contributed by atoms with Crippen molar-refractivity contribution in [1.82, 2.24) is 14.7 Å². The van der Waals surface area contributed by atoms with Crippen LogP contribution in [0.3, 0.4) is 0 Å². The molecule has 288 valence electrons. The Morgan fingerprint density at radius 3 is 1.52 bits per heavy atom. The van der Waals surface area contributed by atoms with Crippen LogP contribution in [0, 0.1) is 0 Å². The number of aryl methyl sites for hydroxylation is 1. The average Bonchev–Trinajstić information content (AvgIpc) is 3.17. The van der Waals surface area contributed by atoms with Crippen molar-refractivity contribution in [1.29, 1.82) is 0 Å². The Kier molecular flexibility index (Phi) is 19.3. The van der Waals surface area contributed by atoms with Crippen molar-refractivity contribution in [2.45, 2.75) is 12.8 Å². The van der Waals surface area contributed by atoms with E-state index < -0.39 is 0 Å². The lowest BCUT2D eigenvalue weighted by molar-refractivity contribution is -0.671. The fourth-order valence-electron chi connectivity index (χ4n) is 5.23. The van der Waals surface area contributed by atoms with Crippen molar-refractivity contribution in [3.8, 4) is 0 Å². The van der Waals surface area contributed by atoms with Crippen LogP contribution in [0.4, 0.5) is 11.4 Å². The molecule has 0 spiro atoms. The molecule has 3 aromatic rings. The monoisotopic (exact) mass is 767 g/mol. The molecule has 0 fully saturated rings. The number of amides is 2. The molecule has 0 aliphatic carbocycles. The number of aromatic nitrogens is 1. The van der Waals surface area contributed by atoms with Gasteiger partial charge in [-0.1, -0.05) is 88.9 Å². The van der Waals surface area contributed by atoms with Gasteiger partial charge in [-0.05, 0) is 71.6 Å². The summed E-state index contributed by atoms with van der Waals surface area (Å²) < 4.78 is 2.02. The molecule has 3 rings (SSSR count). The average molecular weight is 768 g/mol. The van der Waals surface area contributed by atoms with E-state index in [9.17, 15) is 9.59 Å². The number of hydrogen-bond acceptors (Lipinski definition) is 7. The first-order valence-electron chi connectivity index (χ1n) is 18.3. The van der Waals surface area contributed by atoms with Crippen LogP contribution in [0.5, 0.6) is 0 Å². The Bertz CT molecular complexity index is 1720. The zero-order chi connectivity index (χ0) is 39.3. The zero-order valence-corrected chi connectivity index (χ0v) is 34.9. The second kappa shape index (κ2) is 23.9. The molecule has 54 heavy (non-hydrogen) atoms. The minimum Gasteiger partial charge on any atom is -0.383 e. The standard InChI is InChI=1S/C44H59N6O2S2/c1-9-12-37(25-32-45(2)3)13-14-38-17-21-41(22-18-38)47(5)28-10-30-49(7)43(51)35-53-54-36-44(52)50(8)31-11-29-48(6)42-23-19-39(20-24-42)15-16-40-26-33-46(4)34-27-40/h9,12-27,32-34H,1,10-11,28-31,35-36H2,2-8H3/q+1/b14-13+,32-25-,37-12-. The number of allylic oxidation sites excluding steroid dienone is 5. The van der Waals surface area contributed by atoms with E-state index in [0.717, 1.165) is 54.0 Å². The summed E-state index contributed by atoms with van der Waals surface area (Å²) in [4.78, 5) is 35.4. The maximum atomic E-state index is 12.7. The normalized spacial score (nSPS) is 11.7. The van der Waals surface area contributed by atoms with Crippen molar-refractivity contribution in [3.63, 3.8) is 0 Å². The molecule has 8 nitrogen and oxygen atoms in total. The molecule has 0 aliphatic rings. The zero-order valence-electron chi connectivity index (χ0n) is 33.2. The maximum absolute atomic E-state index is 12.7. The lowest BCUT2D eigenvalue weighted by Crippen LogP contribution is -2.32. The first kappa shape index (κ1) is 43.7. The fraction of sp³-hybridized carbons (Fsp3) is 0.341. The number of carbonyl (C=O) groups is 2. The van der Waals surface area contributed by atoms with Gasteiger partial charge in [-0.3, -0.25) is 9.59 Å². The molecule has 0 saturated heterocycles. The number of hydrogen-bond donors (Lipinski definition) is 0. The third kappa shape index (κ3) is 16.6. The Morgan fingerprint density at radius 2 is 1.07 bits per heavy atom. The van der Waals surface area contributed by atoms with E-state index in [4.69, 9.17) is 0 Å². The molecule has 10 heteroatoms. The number of benzene rings is 2. The van der Waals surface area contributed by atoms with E-state index in [2.05, 4.69) is 122 Å². The number of rotatable bonds is 22. The molecular formula is C44H59N6O2S2+. The van der Waals surface area contributed by atoms with Gasteiger partial charge < -0.3 is 24.5 Å². The summed E-state index contributed by atoms with van der Waals surface area (Å²) >= 11 is 0. The van der Waals surface area contributed by atoms with Crippen molar-refractivity contribution in [2.75, 3.05) is 89.8 Å². The van der Waals surface area contributed by atoms with E-state index in [1.54, 1.807) is 15.9 Å². The summed E-state index contributed by atoms with van der Waals surface area (Å²) in [5, 5.41) is 0. The van der Waals surface area contributed by atoms with Gasteiger partial charge in [-0.25, -0.2) is 4.57 Å². The molecule has 0 unspecified atom stereocenters. The minimum atomic E-state index is 0.0786. The van der Waals surface area contributed by atoms with Crippen LogP contribution < -0.4 is 14.4 Å². The van der Waals surface area contributed by atoms with E-state index in [0.29, 0.717) is 24.6 Å². The second-order valence-corrected chi connectivity index (χ2v) is 16.0. The van der Waals surface area contributed by atoms with Gasteiger partial charge in [0.1, 0.15) is 7.05 Å². The Morgan fingerprint density at radius 1 is 0.630 bits per heavy atom. The predicted molar refractivity (Wildman–Crippen MR) is 236 cm³/mol. The molecule has 0 saturated carbocycles.